The Morgan fingerprint density at radius 3 is 2.59 bits per heavy atom. The molecule has 0 unspecified atom stereocenters. The van der Waals surface area contributed by atoms with Gasteiger partial charge in [0.1, 0.15) is 0 Å². The predicted octanol–water partition coefficient (Wildman–Crippen LogP) is 4.19. The van der Waals surface area contributed by atoms with Crippen molar-refractivity contribution in [2.75, 3.05) is 19.5 Å². The van der Waals surface area contributed by atoms with Crippen LogP contribution in [0.2, 0.25) is 0 Å². The maximum absolute atomic E-state index is 5.37. The van der Waals surface area contributed by atoms with Crippen LogP contribution in [0.1, 0.15) is 29.5 Å². The van der Waals surface area contributed by atoms with E-state index in [0.717, 1.165) is 18.0 Å². The zero-order valence-electron chi connectivity index (χ0n) is 13.3. The zero-order valence-corrected chi connectivity index (χ0v) is 13.3. The third-order valence-corrected chi connectivity index (χ3v) is 4.33. The molecular formula is C19H23NO2. The van der Waals surface area contributed by atoms with Crippen molar-refractivity contribution < 1.29 is 9.47 Å². The van der Waals surface area contributed by atoms with E-state index in [1.165, 1.54) is 48.1 Å². The standard InChI is InChI=1S/C19H23NO2/c1-21-18-11-10-14(12-19(18)22-2)13-20-17-9-5-7-15-6-3-4-8-16(15)17/h5,7,9-12,20H,3-4,6,8,13H2,1-2H3. The summed E-state index contributed by atoms with van der Waals surface area (Å²) in [6.07, 6.45) is 5.00. The van der Waals surface area contributed by atoms with Gasteiger partial charge >= 0.3 is 0 Å². The van der Waals surface area contributed by atoms with Crippen LogP contribution >= 0.6 is 0 Å². The molecule has 0 amide bonds. The quantitative estimate of drug-likeness (QED) is 0.897. The molecule has 22 heavy (non-hydrogen) atoms. The molecule has 1 aliphatic rings. The van der Waals surface area contributed by atoms with Crippen LogP contribution in [-0.4, -0.2) is 14.2 Å². The number of aryl methyl sites for hydroxylation is 1. The normalized spacial score (nSPS) is 13.4. The van der Waals surface area contributed by atoms with Crippen molar-refractivity contribution in [1.82, 2.24) is 0 Å². The van der Waals surface area contributed by atoms with E-state index in [1.54, 1.807) is 14.2 Å². The molecule has 0 saturated heterocycles. The summed E-state index contributed by atoms with van der Waals surface area (Å²) >= 11 is 0. The molecule has 0 aromatic heterocycles. The lowest BCUT2D eigenvalue weighted by molar-refractivity contribution is 0.354. The molecule has 0 bridgehead atoms. The van der Waals surface area contributed by atoms with Crippen molar-refractivity contribution in [1.29, 1.82) is 0 Å². The van der Waals surface area contributed by atoms with Crippen molar-refractivity contribution in [2.45, 2.75) is 32.2 Å². The molecule has 0 saturated carbocycles. The fourth-order valence-corrected chi connectivity index (χ4v) is 3.13. The second kappa shape index (κ2) is 6.73. The highest BCUT2D eigenvalue weighted by molar-refractivity contribution is 5.56. The van der Waals surface area contributed by atoms with Crippen LogP contribution < -0.4 is 14.8 Å². The van der Waals surface area contributed by atoms with Gasteiger partial charge in [0.25, 0.3) is 0 Å². The Balaban J connectivity index is 1.75. The largest absolute Gasteiger partial charge is 0.493 e. The highest BCUT2D eigenvalue weighted by Crippen LogP contribution is 2.30. The second-order valence-corrected chi connectivity index (χ2v) is 5.69. The summed E-state index contributed by atoms with van der Waals surface area (Å²) in [4.78, 5) is 0. The van der Waals surface area contributed by atoms with Crippen molar-refractivity contribution in [2.24, 2.45) is 0 Å². The first kappa shape index (κ1) is 14.8. The van der Waals surface area contributed by atoms with E-state index < -0.39 is 0 Å². The summed E-state index contributed by atoms with van der Waals surface area (Å²) in [5.74, 6) is 1.54. The minimum Gasteiger partial charge on any atom is -0.493 e. The van der Waals surface area contributed by atoms with Gasteiger partial charge in [-0.15, -0.1) is 0 Å². The molecule has 3 heteroatoms. The first-order chi connectivity index (χ1) is 10.8. The van der Waals surface area contributed by atoms with Gasteiger partial charge in [-0.1, -0.05) is 18.2 Å². The number of benzene rings is 2. The van der Waals surface area contributed by atoms with Gasteiger partial charge in [-0.2, -0.15) is 0 Å². The summed E-state index contributed by atoms with van der Waals surface area (Å²) in [5.41, 5.74) is 5.45. The summed E-state index contributed by atoms with van der Waals surface area (Å²) in [6, 6.07) is 12.7. The van der Waals surface area contributed by atoms with E-state index in [4.69, 9.17) is 9.47 Å². The van der Waals surface area contributed by atoms with Crippen LogP contribution in [0.3, 0.4) is 0 Å². The SMILES string of the molecule is COc1ccc(CNc2cccc3c2CCCC3)cc1OC. The minimum atomic E-state index is 0.767. The van der Waals surface area contributed by atoms with E-state index >= 15 is 0 Å². The van der Waals surface area contributed by atoms with Crippen molar-refractivity contribution in [3.05, 3.63) is 53.1 Å². The Labute approximate surface area is 132 Å². The molecule has 0 heterocycles. The summed E-state index contributed by atoms with van der Waals surface area (Å²) in [7, 11) is 3.33. The lowest BCUT2D eigenvalue weighted by Crippen LogP contribution is -2.08. The molecule has 1 N–H and O–H groups in total. The maximum atomic E-state index is 5.37. The number of hydrogen-bond donors (Lipinski definition) is 1. The smallest absolute Gasteiger partial charge is 0.161 e. The second-order valence-electron chi connectivity index (χ2n) is 5.69. The molecule has 116 valence electrons. The van der Waals surface area contributed by atoms with Crippen LogP contribution in [0, 0.1) is 0 Å². The summed E-state index contributed by atoms with van der Waals surface area (Å²) < 4.78 is 10.6. The van der Waals surface area contributed by atoms with Crippen molar-refractivity contribution >= 4 is 5.69 Å². The average Bonchev–Trinajstić information content (AvgIpc) is 2.59. The molecule has 2 aromatic rings. The highest BCUT2D eigenvalue weighted by atomic mass is 16.5. The van der Waals surface area contributed by atoms with Gasteiger partial charge in [0.05, 0.1) is 14.2 Å². The predicted molar refractivity (Wildman–Crippen MR) is 90.0 cm³/mol. The third-order valence-electron chi connectivity index (χ3n) is 4.33. The summed E-state index contributed by atoms with van der Waals surface area (Å²) in [5, 5.41) is 3.58. The number of nitrogens with one attached hydrogen (secondary N) is 1. The summed E-state index contributed by atoms with van der Waals surface area (Å²) in [6.45, 7) is 0.788. The highest BCUT2D eigenvalue weighted by Gasteiger charge is 2.12. The third kappa shape index (κ3) is 3.03. The van der Waals surface area contributed by atoms with E-state index in [2.05, 4.69) is 29.6 Å². The Morgan fingerprint density at radius 2 is 1.77 bits per heavy atom. The zero-order chi connectivity index (χ0) is 15.4. The molecule has 3 nitrogen and oxygen atoms in total. The number of rotatable bonds is 5. The van der Waals surface area contributed by atoms with Gasteiger partial charge in [0.2, 0.25) is 0 Å². The maximum Gasteiger partial charge on any atom is 0.161 e. The van der Waals surface area contributed by atoms with Gasteiger partial charge in [0.15, 0.2) is 11.5 Å². The number of ether oxygens (including phenoxy) is 2. The van der Waals surface area contributed by atoms with E-state index in [0.29, 0.717) is 0 Å². The molecular weight excluding hydrogens is 274 g/mol. The number of hydrogen-bond acceptors (Lipinski definition) is 3. The number of fused-ring (bicyclic) bond motifs is 1. The lowest BCUT2D eigenvalue weighted by Gasteiger charge is -2.20. The van der Waals surface area contributed by atoms with Gasteiger partial charge in [0, 0.05) is 12.2 Å². The molecule has 0 fully saturated rings. The average molecular weight is 297 g/mol. The Bertz CT molecular complexity index is 652. The van der Waals surface area contributed by atoms with Crippen molar-refractivity contribution in [3.8, 4) is 11.5 Å². The monoisotopic (exact) mass is 297 g/mol. The Kier molecular flexibility index (Phi) is 4.52. The van der Waals surface area contributed by atoms with Crippen LogP contribution in [-0.2, 0) is 19.4 Å². The Hall–Kier alpha value is -2.16. The van der Waals surface area contributed by atoms with Crippen LogP contribution in [0.25, 0.3) is 0 Å². The first-order valence-electron chi connectivity index (χ1n) is 7.87. The van der Waals surface area contributed by atoms with E-state index in [1.807, 2.05) is 12.1 Å². The van der Waals surface area contributed by atoms with Gasteiger partial charge in [-0.05, 0) is 60.6 Å². The fourth-order valence-electron chi connectivity index (χ4n) is 3.13. The van der Waals surface area contributed by atoms with Gasteiger partial charge in [-0.25, -0.2) is 0 Å². The topological polar surface area (TPSA) is 30.5 Å². The van der Waals surface area contributed by atoms with Crippen LogP contribution in [0.15, 0.2) is 36.4 Å². The van der Waals surface area contributed by atoms with E-state index in [-0.39, 0.29) is 0 Å². The Morgan fingerprint density at radius 1 is 0.955 bits per heavy atom. The molecule has 0 radical (unpaired) electrons. The number of methoxy groups -OCH3 is 2. The minimum absolute atomic E-state index is 0.767. The van der Waals surface area contributed by atoms with Gasteiger partial charge in [-0.3, -0.25) is 0 Å². The molecule has 0 aliphatic heterocycles. The molecule has 0 atom stereocenters. The molecule has 1 aliphatic carbocycles. The van der Waals surface area contributed by atoms with Crippen LogP contribution in [0.5, 0.6) is 11.5 Å². The van der Waals surface area contributed by atoms with Crippen molar-refractivity contribution in [3.63, 3.8) is 0 Å². The first-order valence-corrected chi connectivity index (χ1v) is 7.87. The van der Waals surface area contributed by atoms with Gasteiger partial charge < -0.3 is 14.8 Å². The lowest BCUT2D eigenvalue weighted by atomic mass is 9.90. The molecule has 3 rings (SSSR count). The molecule has 0 spiro atoms. The fraction of sp³-hybridized carbons (Fsp3) is 0.368. The molecule has 2 aromatic carbocycles. The number of anilines is 1. The van der Waals surface area contributed by atoms with Crippen LogP contribution in [0.4, 0.5) is 5.69 Å². The van der Waals surface area contributed by atoms with E-state index in [9.17, 15) is 0 Å².